The topological polar surface area (TPSA) is 62.1 Å². The first kappa shape index (κ1) is 13.5. The number of rotatable bonds is 3. The van der Waals surface area contributed by atoms with E-state index in [1.807, 2.05) is 16.8 Å². The third-order valence-corrected chi connectivity index (χ3v) is 4.55. The van der Waals surface area contributed by atoms with Crippen molar-refractivity contribution in [3.63, 3.8) is 0 Å². The maximum absolute atomic E-state index is 4.75. The van der Waals surface area contributed by atoms with E-state index < -0.39 is 0 Å². The molecule has 3 aromatic rings. The van der Waals surface area contributed by atoms with E-state index in [9.17, 15) is 0 Å². The lowest BCUT2D eigenvalue weighted by Crippen LogP contribution is -2.33. The minimum Gasteiger partial charge on any atom is -0.291 e. The second-order valence-corrected chi connectivity index (χ2v) is 5.99. The minimum absolute atomic E-state index is 0.366. The first-order valence-electron chi connectivity index (χ1n) is 7.84. The van der Waals surface area contributed by atoms with Gasteiger partial charge in [0.05, 0.1) is 17.9 Å². The molecule has 0 saturated carbocycles. The monoisotopic (exact) mass is 296 g/mol. The van der Waals surface area contributed by atoms with E-state index in [0.29, 0.717) is 6.04 Å². The smallest absolute Gasteiger partial charge is 0.233 e. The van der Waals surface area contributed by atoms with Crippen LogP contribution >= 0.6 is 0 Å². The average molecular weight is 296 g/mol. The van der Waals surface area contributed by atoms with Gasteiger partial charge in [-0.25, -0.2) is 9.97 Å². The molecule has 1 atom stereocenters. The van der Waals surface area contributed by atoms with Gasteiger partial charge in [0.15, 0.2) is 0 Å². The highest BCUT2D eigenvalue weighted by Crippen LogP contribution is 2.31. The SMILES string of the molecule is Cc1[nH]ncc1CN1CCCC[C@H]1c1ccn2ccnc2n1. The molecule has 0 spiro atoms. The summed E-state index contributed by atoms with van der Waals surface area (Å²) < 4.78 is 1.96. The number of piperidine rings is 1. The van der Waals surface area contributed by atoms with Crippen LogP contribution in [0.2, 0.25) is 0 Å². The molecule has 0 unspecified atom stereocenters. The standard InChI is InChI=1S/C16H20N6/c1-12-13(10-18-20-12)11-22-7-3-2-4-15(22)14-5-8-21-9-6-17-16(21)19-14/h5-6,8-10,15H,2-4,7,11H2,1H3,(H,18,20)/t15-/m0/s1. The molecule has 6 nitrogen and oxygen atoms in total. The van der Waals surface area contributed by atoms with Crippen molar-refractivity contribution >= 4 is 5.78 Å². The van der Waals surface area contributed by atoms with Gasteiger partial charge in [-0.3, -0.25) is 14.4 Å². The summed E-state index contributed by atoms with van der Waals surface area (Å²) in [5.41, 5.74) is 3.55. The van der Waals surface area contributed by atoms with E-state index in [0.717, 1.165) is 36.7 Å². The zero-order valence-corrected chi connectivity index (χ0v) is 12.7. The molecule has 4 heterocycles. The molecular weight excluding hydrogens is 276 g/mol. The first-order valence-corrected chi connectivity index (χ1v) is 7.84. The van der Waals surface area contributed by atoms with E-state index in [1.54, 1.807) is 6.20 Å². The number of hydrogen-bond acceptors (Lipinski definition) is 4. The summed E-state index contributed by atoms with van der Waals surface area (Å²) in [7, 11) is 0. The maximum atomic E-state index is 4.75. The molecule has 0 radical (unpaired) electrons. The Hall–Kier alpha value is -2.21. The van der Waals surface area contributed by atoms with Gasteiger partial charge in [-0.1, -0.05) is 6.42 Å². The molecule has 114 valence electrons. The molecule has 1 saturated heterocycles. The molecule has 1 fully saturated rings. The molecule has 6 heteroatoms. The largest absolute Gasteiger partial charge is 0.291 e. The van der Waals surface area contributed by atoms with Crippen LogP contribution in [0.15, 0.2) is 30.9 Å². The summed E-state index contributed by atoms with van der Waals surface area (Å²) in [4.78, 5) is 11.6. The number of imidazole rings is 1. The second-order valence-electron chi connectivity index (χ2n) is 5.99. The summed E-state index contributed by atoms with van der Waals surface area (Å²) in [6.07, 6.45) is 11.4. The summed E-state index contributed by atoms with van der Waals surface area (Å²) in [6.45, 7) is 4.11. The highest BCUT2D eigenvalue weighted by atomic mass is 15.2. The van der Waals surface area contributed by atoms with E-state index in [1.165, 1.54) is 18.4 Å². The number of nitrogens with zero attached hydrogens (tertiary/aromatic N) is 5. The number of H-pyrrole nitrogens is 1. The predicted octanol–water partition coefficient (Wildman–Crippen LogP) is 2.49. The van der Waals surface area contributed by atoms with E-state index in [2.05, 4.69) is 39.3 Å². The molecule has 0 aromatic carbocycles. The second kappa shape index (κ2) is 5.53. The lowest BCUT2D eigenvalue weighted by molar-refractivity contribution is 0.137. The molecule has 1 N–H and O–H groups in total. The summed E-state index contributed by atoms with van der Waals surface area (Å²) >= 11 is 0. The van der Waals surface area contributed by atoms with Crippen LogP contribution in [0.4, 0.5) is 0 Å². The van der Waals surface area contributed by atoms with Crippen molar-refractivity contribution < 1.29 is 0 Å². The number of hydrogen-bond donors (Lipinski definition) is 1. The van der Waals surface area contributed by atoms with Crippen LogP contribution in [0.1, 0.15) is 42.3 Å². The fourth-order valence-corrected chi connectivity index (χ4v) is 3.27. The predicted molar refractivity (Wildman–Crippen MR) is 83.3 cm³/mol. The Morgan fingerprint density at radius 2 is 2.27 bits per heavy atom. The van der Waals surface area contributed by atoms with Gasteiger partial charge in [-0.15, -0.1) is 0 Å². The number of aromatic nitrogens is 5. The maximum Gasteiger partial charge on any atom is 0.233 e. The third-order valence-electron chi connectivity index (χ3n) is 4.55. The molecule has 0 aliphatic carbocycles. The lowest BCUT2D eigenvalue weighted by Gasteiger charge is -2.35. The van der Waals surface area contributed by atoms with Crippen LogP contribution in [0.3, 0.4) is 0 Å². The van der Waals surface area contributed by atoms with Gasteiger partial charge >= 0.3 is 0 Å². The van der Waals surface area contributed by atoms with E-state index >= 15 is 0 Å². The van der Waals surface area contributed by atoms with Gasteiger partial charge in [0.2, 0.25) is 5.78 Å². The van der Waals surface area contributed by atoms with E-state index in [4.69, 9.17) is 4.98 Å². The lowest BCUT2D eigenvalue weighted by atomic mass is 9.98. The number of nitrogens with one attached hydrogen (secondary N) is 1. The normalized spacial score (nSPS) is 19.8. The molecule has 1 aliphatic heterocycles. The van der Waals surface area contributed by atoms with Gasteiger partial charge in [0, 0.05) is 36.4 Å². The summed E-state index contributed by atoms with van der Waals surface area (Å²) in [5.74, 6) is 0.780. The van der Waals surface area contributed by atoms with Crippen molar-refractivity contribution in [1.82, 2.24) is 29.5 Å². The van der Waals surface area contributed by atoms with Crippen LogP contribution in [-0.2, 0) is 6.54 Å². The number of aromatic amines is 1. The molecule has 0 bridgehead atoms. The Bertz CT molecular complexity index is 774. The minimum atomic E-state index is 0.366. The Morgan fingerprint density at radius 3 is 3.14 bits per heavy atom. The van der Waals surface area contributed by atoms with Crippen LogP contribution in [0.5, 0.6) is 0 Å². The third kappa shape index (κ3) is 2.39. The summed E-state index contributed by atoms with van der Waals surface area (Å²) in [6, 6.07) is 2.49. The highest BCUT2D eigenvalue weighted by Gasteiger charge is 2.26. The van der Waals surface area contributed by atoms with Gasteiger partial charge in [0.25, 0.3) is 0 Å². The molecule has 1 aliphatic rings. The Kier molecular flexibility index (Phi) is 3.38. The van der Waals surface area contributed by atoms with Crippen molar-refractivity contribution in [1.29, 1.82) is 0 Å². The van der Waals surface area contributed by atoms with Crippen LogP contribution in [0.25, 0.3) is 5.78 Å². The quantitative estimate of drug-likeness (QED) is 0.806. The van der Waals surface area contributed by atoms with Gasteiger partial charge in [0.1, 0.15) is 0 Å². The zero-order valence-electron chi connectivity index (χ0n) is 12.7. The first-order chi connectivity index (χ1) is 10.8. The van der Waals surface area contributed by atoms with Crippen LogP contribution in [-0.4, -0.2) is 36.0 Å². The van der Waals surface area contributed by atoms with Crippen molar-refractivity contribution in [3.8, 4) is 0 Å². The molecular formula is C16H20N6. The fraction of sp³-hybridized carbons (Fsp3) is 0.438. The highest BCUT2D eigenvalue weighted by molar-refractivity contribution is 5.30. The average Bonchev–Trinajstić information content (AvgIpc) is 3.16. The van der Waals surface area contributed by atoms with Crippen molar-refractivity contribution in [2.24, 2.45) is 0 Å². The van der Waals surface area contributed by atoms with Crippen LogP contribution in [0, 0.1) is 6.92 Å². The van der Waals surface area contributed by atoms with Crippen molar-refractivity contribution in [2.75, 3.05) is 6.54 Å². The van der Waals surface area contributed by atoms with Gasteiger partial charge in [-0.05, 0) is 32.4 Å². The van der Waals surface area contributed by atoms with Crippen LogP contribution < -0.4 is 0 Å². The molecule has 4 rings (SSSR count). The Balaban J connectivity index is 1.63. The van der Waals surface area contributed by atoms with E-state index in [-0.39, 0.29) is 0 Å². The molecule has 22 heavy (non-hydrogen) atoms. The van der Waals surface area contributed by atoms with Gasteiger partial charge < -0.3 is 0 Å². The summed E-state index contributed by atoms with van der Waals surface area (Å²) in [5, 5.41) is 7.17. The van der Waals surface area contributed by atoms with Crippen molar-refractivity contribution in [2.45, 2.75) is 38.8 Å². The fourth-order valence-electron chi connectivity index (χ4n) is 3.27. The Labute approximate surface area is 129 Å². The van der Waals surface area contributed by atoms with Crippen molar-refractivity contribution in [3.05, 3.63) is 47.8 Å². The number of likely N-dealkylation sites (tertiary alicyclic amines) is 1. The number of fused-ring (bicyclic) bond motifs is 1. The van der Waals surface area contributed by atoms with Gasteiger partial charge in [-0.2, -0.15) is 5.10 Å². The zero-order chi connectivity index (χ0) is 14.9. The Morgan fingerprint density at radius 1 is 1.32 bits per heavy atom. The molecule has 0 amide bonds. The molecule has 3 aromatic heterocycles. The number of aryl methyl sites for hydroxylation is 1.